The number of nitrogens with zero attached hydrogens (tertiary/aromatic N) is 1. The molecule has 0 saturated carbocycles. The predicted molar refractivity (Wildman–Crippen MR) is 73.9 cm³/mol. The highest BCUT2D eigenvalue weighted by atomic mass is 16.5. The Morgan fingerprint density at radius 1 is 1.37 bits per heavy atom. The molecule has 3 rings (SSSR count). The van der Waals surface area contributed by atoms with Crippen LogP contribution in [0.3, 0.4) is 0 Å². The lowest BCUT2D eigenvalue weighted by Gasteiger charge is -2.43. The predicted octanol–water partition coefficient (Wildman–Crippen LogP) is 1.46. The minimum Gasteiger partial charge on any atom is -0.493 e. The largest absolute Gasteiger partial charge is 0.493 e. The van der Waals surface area contributed by atoms with Crippen LogP contribution in [0.15, 0.2) is 18.2 Å². The maximum atomic E-state index is 9.50. The first kappa shape index (κ1) is 12.8. The van der Waals surface area contributed by atoms with E-state index in [-0.39, 0.29) is 12.0 Å². The number of benzene rings is 1. The van der Waals surface area contributed by atoms with Crippen molar-refractivity contribution in [1.82, 2.24) is 0 Å². The summed E-state index contributed by atoms with van der Waals surface area (Å²) in [6.07, 6.45) is 2.18. The molecule has 0 spiro atoms. The van der Waals surface area contributed by atoms with Crippen LogP contribution >= 0.6 is 0 Å². The topological polar surface area (TPSA) is 41.9 Å². The average molecular weight is 263 g/mol. The SMILES string of the molecule is CN(CC1(CO)COC1)c1ccc2c(c1)CCCO2. The van der Waals surface area contributed by atoms with Crippen LogP contribution in [0.4, 0.5) is 5.69 Å². The van der Waals surface area contributed by atoms with Crippen LogP contribution in [-0.4, -0.2) is 45.1 Å². The molecule has 0 aliphatic carbocycles. The molecule has 0 unspecified atom stereocenters. The van der Waals surface area contributed by atoms with Gasteiger partial charge < -0.3 is 19.5 Å². The van der Waals surface area contributed by atoms with E-state index in [0.717, 1.165) is 31.7 Å². The summed E-state index contributed by atoms with van der Waals surface area (Å²) in [6, 6.07) is 6.36. The Bertz CT molecular complexity index is 451. The van der Waals surface area contributed by atoms with E-state index < -0.39 is 0 Å². The fraction of sp³-hybridized carbons (Fsp3) is 0.600. The normalized spacial score (nSPS) is 20.1. The van der Waals surface area contributed by atoms with Gasteiger partial charge in [0.1, 0.15) is 5.75 Å². The zero-order valence-corrected chi connectivity index (χ0v) is 11.4. The van der Waals surface area contributed by atoms with E-state index in [9.17, 15) is 5.11 Å². The standard InChI is InChI=1S/C15H21NO3/c1-16(8-15(9-17)10-18-11-15)13-4-5-14-12(7-13)3-2-6-19-14/h4-5,7,17H,2-3,6,8-11H2,1H3. The number of aliphatic hydroxyl groups excluding tert-OH is 1. The van der Waals surface area contributed by atoms with Crippen LogP contribution in [0.25, 0.3) is 0 Å². The summed E-state index contributed by atoms with van der Waals surface area (Å²) >= 11 is 0. The first-order chi connectivity index (χ1) is 9.22. The van der Waals surface area contributed by atoms with Crippen molar-refractivity contribution in [2.75, 3.05) is 44.9 Å². The van der Waals surface area contributed by atoms with Crippen LogP contribution in [0.1, 0.15) is 12.0 Å². The average Bonchev–Trinajstić information content (AvgIpc) is 2.42. The zero-order chi connectivity index (χ0) is 13.3. The number of fused-ring (bicyclic) bond motifs is 1. The van der Waals surface area contributed by atoms with Crippen LogP contribution in [0, 0.1) is 5.41 Å². The molecule has 0 radical (unpaired) electrons. The molecule has 1 N–H and O–H groups in total. The van der Waals surface area contributed by atoms with Gasteiger partial charge in [-0.15, -0.1) is 0 Å². The van der Waals surface area contributed by atoms with E-state index in [1.54, 1.807) is 0 Å². The number of hydrogen-bond donors (Lipinski definition) is 1. The van der Waals surface area contributed by atoms with E-state index in [4.69, 9.17) is 9.47 Å². The van der Waals surface area contributed by atoms with Crippen molar-refractivity contribution in [2.24, 2.45) is 5.41 Å². The highest BCUT2D eigenvalue weighted by Gasteiger charge is 2.39. The summed E-state index contributed by atoms with van der Waals surface area (Å²) in [7, 11) is 2.07. The Balaban J connectivity index is 1.74. The van der Waals surface area contributed by atoms with Gasteiger partial charge in [-0.2, -0.15) is 0 Å². The summed E-state index contributed by atoms with van der Waals surface area (Å²) in [5.74, 6) is 1.02. The van der Waals surface area contributed by atoms with Crippen molar-refractivity contribution in [3.63, 3.8) is 0 Å². The Morgan fingerprint density at radius 2 is 2.21 bits per heavy atom. The smallest absolute Gasteiger partial charge is 0.122 e. The van der Waals surface area contributed by atoms with E-state index in [2.05, 4.69) is 30.1 Å². The van der Waals surface area contributed by atoms with E-state index in [0.29, 0.717) is 13.2 Å². The van der Waals surface area contributed by atoms with Crippen LogP contribution in [0.2, 0.25) is 0 Å². The van der Waals surface area contributed by atoms with Gasteiger partial charge in [-0.25, -0.2) is 0 Å². The number of aryl methyl sites for hydroxylation is 1. The third-order valence-corrected chi connectivity index (χ3v) is 4.06. The molecular weight excluding hydrogens is 242 g/mol. The summed E-state index contributed by atoms with van der Waals surface area (Å²) in [4.78, 5) is 2.20. The molecule has 4 nitrogen and oxygen atoms in total. The lowest BCUT2D eigenvalue weighted by Crippen LogP contribution is -2.52. The van der Waals surface area contributed by atoms with Gasteiger partial charge in [0.15, 0.2) is 0 Å². The molecule has 0 bridgehead atoms. The second-order valence-corrected chi connectivity index (χ2v) is 5.75. The Morgan fingerprint density at radius 3 is 2.89 bits per heavy atom. The van der Waals surface area contributed by atoms with Crippen LogP contribution in [-0.2, 0) is 11.2 Å². The highest BCUT2D eigenvalue weighted by molar-refractivity contribution is 5.53. The fourth-order valence-electron chi connectivity index (χ4n) is 2.80. The monoisotopic (exact) mass is 263 g/mol. The van der Waals surface area contributed by atoms with E-state index >= 15 is 0 Å². The van der Waals surface area contributed by atoms with Gasteiger partial charge in [0.05, 0.1) is 31.8 Å². The third kappa shape index (κ3) is 2.42. The molecular formula is C15H21NO3. The molecule has 1 saturated heterocycles. The molecule has 0 amide bonds. The number of anilines is 1. The van der Waals surface area contributed by atoms with Crippen molar-refractivity contribution in [3.05, 3.63) is 23.8 Å². The van der Waals surface area contributed by atoms with E-state index in [1.807, 2.05) is 0 Å². The Hall–Kier alpha value is -1.26. The second kappa shape index (κ2) is 5.02. The summed E-state index contributed by atoms with van der Waals surface area (Å²) < 4.78 is 10.9. The molecule has 1 fully saturated rings. The van der Waals surface area contributed by atoms with Gasteiger partial charge in [-0.1, -0.05) is 0 Å². The number of aliphatic hydroxyl groups is 1. The molecule has 19 heavy (non-hydrogen) atoms. The molecule has 2 aliphatic heterocycles. The van der Waals surface area contributed by atoms with Gasteiger partial charge in [-0.3, -0.25) is 0 Å². The minimum absolute atomic E-state index is 0.0822. The second-order valence-electron chi connectivity index (χ2n) is 5.75. The first-order valence-electron chi connectivity index (χ1n) is 6.88. The summed E-state index contributed by atoms with van der Waals surface area (Å²) in [6.45, 7) is 3.14. The first-order valence-corrected chi connectivity index (χ1v) is 6.88. The van der Waals surface area contributed by atoms with Gasteiger partial charge in [0, 0.05) is 19.3 Å². The van der Waals surface area contributed by atoms with Gasteiger partial charge in [0.25, 0.3) is 0 Å². The maximum Gasteiger partial charge on any atom is 0.122 e. The van der Waals surface area contributed by atoms with Crippen LogP contribution in [0.5, 0.6) is 5.75 Å². The minimum atomic E-state index is -0.0822. The number of rotatable bonds is 4. The van der Waals surface area contributed by atoms with Gasteiger partial charge in [0.2, 0.25) is 0 Å². The molecule has 1 aromatic rings. The Kier molecular flexibility index (Phi) is 3.37. The highest BCUT2D eigenvalue weighted by Crippen LogP contribution is 2.32. The van der Waals surface area contributed by atoms with Crippen molar-refractivity contribution in [2.45, 2.75) is 12.8 Å². The van der Waals surface area contributed by atoms with Crippen molar-refractivity contribution < 1.29 is 14.6 Å². The summed E-state index contributed by atoms with van der Waals surface area (Å²) in [5.41, 5.74) is 2.39. The lowest BCUT2D eigenvalue weighted by atomic mass is 9.86. The molecule has 2 aliphatic rings. The quantitative estimate of drug-likeness (QED) is 0.893. The summed E-state index contributed by atoms with van der Waals surface area (Å²) in [5, 5.41) is 9.50. The molecule has 1 aromatic carbocycles. The fourth-order valence-corrected chi connectivity index (χ4v) is 2.80. The van der Waals surface area contributed by atoms with Crippen molar-refractivity contribution in [3.8, 4) is 5.75 Å². The molecule has 2 heterocycles. The molecule has 4 heteroatoms. The number of hydrogen-bond acceptors (Lipinski definition) is 4. The lowest BCUT2D eigenvalue weighted by molar-refractivity contribution is -0.130. The Labute approximate surface area is 113 Å². The number of ether oxygens (including phenoxy) is 2. The van der Waals surface area contributed by atoms with Gasteiger partial charge >= 0.3 is 0 Å². The van der Waals surface area contributed by atoms with Crippen LogP contribution < -0.4 is 9.64 Å². The van der Waals surface area contributed by atoms with Gasteiger partial charge in [-0.05, 0) is 36.6 Å². The van der Waals surface area contributed by atoms with Crippen molar-refractivity contribution in [1.29, 1.82) is 0 Å². The van der Waals surface area contributed by atoms with E-state index in [1.165, 1.54) is 11.3 Å². The zero-order valence-electron chi connectivity index (χ0n) is 11.4. The van der Waals surface area contributed by atoms with Crippen molar-refractivity contribution >= 4 is 5.69 Å². The molecule has 0 atom stereocenters. The third-order valence-electron chi connectivity index (χ3n) is 4.06. The molecule has 0 aromatic heterocycles. The molecule has 104 valence electrons. The maximum absolute atomic E-state index is 9.50.